The molecular weight excluding hydrogens is 198 g/mol. The average Bonchev–Trinajstić information content (AvgIpc) is 2.65. The molecule has 0 aliphatic heterocycles. The number of nitrogens with one attached hydrogen (secondary N) is 1. The Morgan fingerprint density at radius 3 is 2.38 bits per heavy atom. The number of hydrogen-bond donors (Lipinski definition) is 2. The normalized spacial score (nSPS) is 21.6. The second kappa shape index (κ2) is 6.61. The lowest BCUT2D eigenvalue weighted by molar-refractivity contribution is 0.153. The highest BCUT2D eigenvalue weighted by Gasteiger charge is 2.33. The van der Waals surface area contributed by atoms with Crippen molar-refractivity contribution in [1.82, 2.24) is 5.32 Å². The summed E-state index contributed by atoms with van der Waals surface area (Å²) in [6, 6.07) is 0. The first kappa shape index (κ1) is 14.0. The molecule has 2 heteroatoms. The summed E-state index contributed by atoms with van der Waals surface area (Å²) in [5.74, 6) is 0.788. The molecule has 2 N–H and O–H groups in total. The molecule has 0 spiro atoms. The Bertz CT molecular complexity index is 185. The van der Waals surface area contributed by atoms with Crippen LogP contribution in [0.3, 0.4) is 0 Å². The molecule has 1 atom stereocenters. The van der Waals surface area contributed by atoms with E-state index in [2.05, 4.69) is 19.2 Å². The summed E-state index contributed by atoms with van der Waals surface area (Å²) in [5.41, 5.74) is 0.529. The fraction of sp³-hybridized carbons (Fsp3) is 1.00. The quantitative estimate of drug-likeness (QED) is 0.701. The van der Waals surface area contributed by atoms with Crippen molar-refractivity contribution in [2.75, 3.05) is 13.1 Å². The van der Waals surface area contributed by atoms with E-state index in [4.69, 9.17) is 0 Å². The van der Waals surface area contributed by atoms with E-state index >= 15 is 0 Å². The zero-order chi connectivity index (χ0) is 12.0. The van der Waals surface area contributed by atoms with Gasteiger partial charge in [-0.15, -0.1) is 0 Å². The topological polar surface area (TPSA) is 32.3 Å². The van der Waals surface area contributed by atoms with E-state index < -0.39 is 0 Å². The van der Waals surface area contributed by atoms with Gasteiger partial charge in [0, 0.05) is 13.1 Å². The Hall–Kier alpha value is -0.0800. The van der Waals surface area contributed by atoms with Gasteiger partial charge in [0.05, 0.1) is 6.10 Å². The van der Waals surface area contributed by atoms with Crippen molar-refractivity contribution >= 4 is 0 Å². The average molecular weight is 227 g/mol. The van der Waals surface area contributed by atoms with Crippen LogP contribution in [0.4, 0.5) is 0 Å². The Morgan fingerprint density at radius 1 is 1.25 bits per heavy atom. The maximum Gasteiger partial charge on any atom is 0.0662 e. The first-order valence-electron chi connectivity index (χ1n) is 6.97. The smallest absolute Gasteiger partial charge is 0.0662 e. The molecule has 1 unspecified atom stereocenters. The second-order valence-electron chi connectivity index (χ2n) is 6.00. The van der Waals surface area contributed by atoms with E-state index in [9.17, 15) is 5.11 Å². The van der Waals surface area contributed by atoms with E-state index in [-0.39, 0.29) is 6.10 Å². The number of aliphatic hydroxyl groups excluding tert-OH is 1. The minimum absolute atomic E-state index is 0.169. The first-order chi connectivity index (χ1) is 7.58. The summed E-state index contributed by atoms with van der Waals surface area (Å²) in [7, 11) is 0. The van der Waals surface area contributed by atoms with Gasteiger partial charge in [0.1, 0.15) is 0 Å². The molecule has 96 valence electrons. The van der Waals surface area contributed by atoms with Crippen LogP contribution in [0.5, 0.6) is 0 Å². The standard InChI is InChI=1S/C14H29NO/c1-4-13(16)10-15-11-14(9-12(2)3)7-5-6-8-14/h12-13,15-16H,4-11H2,1-3H3. The van der Waals surface area contributed by atoms with Gasteiger partial charge in [-0.1, -0.05) is 33.6 Å². The molecule has 0 aromatic carbocycles. The van der Waals surface area contributed by atoms with E-state index in [0.717, 1.165) is 25.4 Å². The molecular formula is C14H29NO. The predicted octanol–water partition coefficient (Wildman–Crippen LogP) is 2.95. The van der Waals surface area contributed by atoms with Crippen molar-refractivity contribution in [1.29, 1.82) is 0 Å². The molecule has 1 saturated carbocycles. The molecule has 0 saturated heterocycles. The van der Waals surface area contributed by atoms with Gasteiger partial charge in [0.25, 0.3) is 0 Å². The van der Waals surface area contributed by atoms with Crippen LogP contribution in [0.15, 0.2) is 0 Å². The van der Waals surface area contributed by atoms with Gasteiger partial charge in [0.15, 0.2) is 0 Å². The summed E-state index contributed by atoms with van der Waals surface area (Å²) in [6.07, 6.45) is 7.56. The van der Waals surface area contributed by atoms with Gasteiger partial charge >= 0.3 is 0 Å². The van der Waals surface area contributed by atoms with Crippen LogP contribution in [-0.4, -0.2) is 24.3 Å². The van der Waals surface area contributed by atoms with Crippen molar-refractivity contribution < 1.29 is 5.11 Å². The predicted molar refractivity (Wildman–Crippen MR) is 69.5 cm³/mol. The van der Waals surface area contributed by atoms with E-state index in [1.54, 1.807) is 0 Å². The van der Waals surface area contributed by atoms with Crippen molar-refractivity contribution in [2.24, 2.45) is 11.3 Å². The summed E-state index contributed by atoms with van der Waals surface area (Å²) in [4.78, 5) is 0. The molecule has 0 aromatic rings. The molecule has 0 radical (unpaired) electrons. The third-order valence-electron chi connectivity index (χ3n) is 3.86. The molecule has 16 heavy (non-hydrogen) atoms. The lowest BCUT2D eigenvalue weighted by atomic mass is 9.78. The van der Waals surface area contributed by atoms with Crippen LogP contribution in [0.1, 0.15) is 59.3 Å². The van der Waals surface area contributed by atoms with Crippen molar-refractivity contribution in [3.63, 3.8) is 0 Å². The van der Waals surface area contributed by atoms with Crippen LogP contribution in [0.25, 0.3) is 0 Å². The fourth-order valence-corrected chi connectivity index (χ4v) is 3.09. The van der Waals surface area contributed by atoms with Crippen molar-refractivity contribution in [3.8, 4) is 0 Å². The molecule has 1 aliphatic carbocycles. The van der Waals surface area contributed by atoms with Crippen molar-refractivity contribution in [3.05, 3.63) is 0 Å². The Labute approximate surface area is 101 Å². The zero-order valence-electron chi connectivity index (χ0n) is 11.3. The summed E-state index contributed by atoms with van der Waals surface area (Å²) in [6.45, 7) is 8.53. The molecule has 0 aromatic heterocycles. The Balaban J connectivity index is 2.33. The molecule has 2 nitrogen and oxygen atoms in total. The van der Waals surface area contributed by atoms with Crippen LogP contribution in [0, 0.1) is 11.3 Å². The number of aliphatic hydroxyl groups is 1. The van der Waals surface area contributed by atoms with E-state index in [1.165, 1.54) is 32.1 Å². The molecule has 0 bridgehead atoms. The van der Waals surface area contributed by atoms with Gasteiger partial charge < -0.3 is 10.4 Å². The van der Waals surface area contributed by atoms with E-state index in [0.29, 0.717) is 5.41 Å². The Morgan fingerprint density at radius 2 is 1.88 bits per heavy atom. The third kappa shape index (κ3) is 4.42. The van der Waals surface area contributed by atoms with Gasteiger partial charge in [-0.3, -0.25) is 0 Å². The third-order valence-corrected chi connectivity index (χ3v) is 3.86. The van der Waals surface area contributed by atoms with Crippen molar-refractivity contribution in [2.45, 2.75) is 65.4 Å². The minimum atomic E-state index is -0.169. The van der Waals surface area contributed by atoms with Crippen LogP contribution in [0.2, 0.25) is 0 Å². The van der Waals surface area contributed by atoms with E-state index in [1.807, 2.05) is 6.92 Å². The highest BCUT2D eigenvalue weighted by Crippen LogP contribution is 2.42. The largest absolute Gasteiger partial charge is 0.392 e. The molecule has 0 heterocycles. The minimum Gasteiger partial charge on any atom is -0.392 e. The molecule has 1 aliphatic rings. The zero-order valence-corrected chi connectivity index (χ0v) is 11.3. The molecule has 1 fully saturated rings. The van der Waals surface area contributed by atoms with Crippen LogP contribution in [-0.2, 0) is 0 Å². The lowest BCUT2D eigenvalue weighted by Gasteiger charge is -2.31. The fourth-order valence-electron chi connectivity index (χ4n) is 3.09. The maximum absolute atomic E-state index is 9.54. The molecule has 1 rings (SSSR count). The van der Waals surface area contributed by atoms with Gasteiger partial charge in [0.2, 0.25) is 0 Å². The Kier molecular flexibility index (Phi) is 5.77. The van der Waals surface area contributed by atoms with Gasteiger partial charge in [-0.05, 0) is 37.0 Å². The van der Waals surface area contributed by atoms with Crippen LogP contribution < -0.4 is 5.32 Å². The summed E-state index contributed by atoms with van der Waals surface area (Å²) >= 11 is 0. The molecule has 0 amide bonds. The SMILES string of the molecule is CCC(O)CNCC1(CC(C)C)CCCC1. The maximum atomic E-state index is 9.54. The highest BCUT2D eigenvalue weighted by atomic mass is 16.3. The number of rotatable bonds is 7. The first-order valence-corrected chi connectivity index (χ1v) is 6.97. The van der Waals surface area contributed by atoms with Crippen LogP contribution >= 0.6 is 0 Å². The summed E-state index contributed by atoms with van der Waals surface area (Å²) in [5, 5.41) is 13.0. The second-order valence-corrected chi connectivity index (χ2v) is 6.00. The van der Waals surface area contributed by atoms with Gasteiger partial charge in [-0.2, -0.15) is 0 Å². The monoisotopic (exact) mass is 227 g/mol. The highest BCUT2D eigenvalue weighted by molar-refractivity contribution is 4.87. The van der Waals surface area contributed by atoms with Gasteiger partial charge in [-0.25, -0.2) is 0 Å². The number of hydrogen-bond acceptors (Lipinski definition) is 2. The lowest BCUT2D eigenvalue weighted by Crippen LogP contribution is -2.37. The summed E-state index contributed by atoms with van der Waals surface area (Å²) < 4.78 is 0.